The summed E-state index contributed by atoms with van der Waals surface area (Å²) in [7, 11) is 0. The summed E-state index contributed by atoms with van der Waals surface area (Å²) in [5.74, 6) is -0.789. The number of aryl methyl sites for hydroxylation is 1. The average Bonchev–Trinajstić information content (AvgIpc) is 2.35. The number of nitrogens with one attached hydrogen (secondary N) is 1. The summed E-state index contributed by atoms with van der Waals surface area (Å²) in [5, 5.41) is 2.76. The van der Waals surface area contributed by atoms with Crippen LogP contribution in [0.4, 0.5) is 10.1 Å². The zero-order valence-corrected chi connectivity index (χ0v) is 11.3. The number of para-hydroxylation sites is 1. The van der Waals surface area contributed by atoms with E-state index < -0.39 is 5.82 Å². The second-order valence-corrected chi connectivity index (χ2v) is 4.66. The largest absolute Gasteiger partial charge is 0.322 e. The van der Waals surface area contributed by atoms with Gasteiger partial charge in [-0.25, -0.2) is 4.39 Å². The Bertz CT molecular complexity index is 598. The quantitative estimate of drug-likeness (QED) is 0.887. The second-order valence-electron chi connectivity index (χ2n) is 3.87. The van der Waals surface area contributed by atoms with E-state index in [2.05, 4.69) is 21.2 Å². The van der Waals surface area contributed by atoms with Crippen LogP contribution in [0.15, 0.2) is 46.9 Å². The van der Waals surface area contributed by atoms with Crippen molar-refractivity contribution in [3.8, 4) is 0 Å². The predicted octanol–water partition coefficient (Wildman–Crippen LogP) is 4.15. The fourth-order valence-electron chi connectivity index (χ4n) is 1.58. The molecule has 2 aromatic carbocycles. The van der Waals surface area contributed by atoms with Gasteiger partial charge in [0.2, 0.25) is 0 Å². The lowest BCUT2D eigenvalue weighted by Gasteiger charge is -2.09. The van der Waals surface area contributed by atoms with Gasteiger partial charge in [0.25, 0.3) is 5.91 Å². The normalized spacial score (nSPS) is 10.2. The summed E-state index contributed by atoms with van der Waals surface area (Å²) in [5.41, 5.74) is 1.95. The first-order valence-corrected chi connectivity index (χ1v) is 6.20. The topological polar surface area (TPSA) is 29.1 Å². The third-order valence-corrected chi connectivity index (χ3v) is 3.40. The van der Waals surface area contributed by atoms with Gasteiger partial charge in [-0.2, -0.15) is 0 Å². The lowest BCUT2D eigenvalue weighted by Crippen LogP contribution is -2.13. The number of carbonyl (C=O) groups is 1. The molecule has 0 aromatic heterocycles. The number of carbonyl (C=O) groups excluding carboxylic acids is 1. The van der Waals surface area contributed by atoms with Crippen molar-refractivity contribution in [2.75, 3.05) is 5.32 Å². The molecule has 2 nitrogen and oxygen atoms in total. The first kappa shape index (κ1) is 12.8. The van der Waals surface area contributed by atoms with Crippen molar-refractivity contribution in [1.82, 2.24) is 0 Å². The highest BCUT2D eigenvalue weighted by atomic mass is 79.9. The summed E-state index contributed by atoms with van der Waals surface area (Å²) in [6, 6.07) is 11.8. The highest BCUT2D eigenvalue weighted by Crippen LogP contribution is 2.22. The van der Waals surface area contributed by atoms with Crippen molar-refractivity contribution in [3.05, 3.63) is 63.9 Å². The van der Waals surface area contributed by atoms with Crippen LogP contribution in [0.3, 0.4) is 0 Å². The molecule has 0 fully saturated rings. The van der Waals surface area contributed by atoms with E-state index in [1.165, 1.54) is 12.1 Å². The molecule has 2 aromatic rings. The van der Waals surface area contributed by atoms with E-state index >= 15 is 0 Å². The zero-order valence-electron chi connectivity index (χ0n) is 9.71. The van der Waals surface area contributed by atoms with Gasteiger partial charge in [0.05, 0.1) is 10.0 Å². The van der Waals surface area contributed by atoms with Gasteiger partial charge in [-0.3, -0.25) is 4.79 Å². The first-order chi connectivity index (χ1) is 8.59. The van der Waals surface area contributed by atoms with Crippen molar-refractivity contribution in [3.63, 3.8) is 0 Å². The molecule has 0 bridgehead atoms. The van der Waals surface area contributed by atoms with E-state index in [4.69, 9.17) is 0 Å². The zero-order chi connectivity index (χ0) is 13.1. The average molecular weight is 308 g/mol. The fraction of sp³-hybridized carbons (Fsp3) is 0.0714. The third-order valence-electron chi connectivity index (χ3n) is 2.59. The molecule has 18 heavy (non-hydrogen) atoms. The minimum absolute atomic E-state index is 0.177. The highest BCUT2D eigenvalue weighted by Gasteiger charge is 2.13. The van der Waals surface area contributed by atoms with Crippen LogP contribution in [-0.4, -0.2) is 5.91 Å². The standard InChI is InChI=1S/C14H11BrFNO/c1-9-5-2-3-8-12(9)17-14(18)10-6-4-7-11(16)13(10)15/h2-8H,1H3,(H,17,18). The molecule has 0 saturated heterocycles. The smallest absolute Gasteiger partial charge is 0.256 e. The minimum atomic E-state index is -0.451. The van der Waals surface area contributed by atoms with Gasteiger partial charge in [-0.1, -0.05) is 24.3 Å². The van der Waals surface area contributed by atoms with Gasteiger partial charge in [0.15, 0.2) is 0 Å². The molecule has 1 N–H and O–H groups in total. The van der Waals surface area contributed by atoms with Gasteiger partial charge < -0.3 is 5.32 Å². The molecule has 92 valence electrons. The number of anilines is 1. The number of halogens is 2. The number of amides is 1. The van der Waals surface area contributed by atoms with Crippen molar-refractivity contribution >= 4 is 27.5 Å². The highest BCUT2D eigenvalue weighted by molar-refractivity contribution is 9.10. The van der Waals surface area contributed by atoms with Crippen LogP contribution in [0.2, 0.25) is 0 Å². The molecule has 0 spiro atoms. The van der Waals surface area contributed by atoms with E-state index in [0.717, 1.165) is 11.3 Å². The Morgan fingerprint density at radius 2 is 1.89 bits per heavy atom. The molecule has 0 atom stereocenters. The summed E-state index contributed by atoms with van der Waals surface area (Å²) in [6.45, 7) is 1.90. The second kappa shape index (κ2) is 5.31. The maximum absolute atomic E-state index is 13.3. The third kappa shape index (κ3) is 2.59. The van der Waals surface area contributed by atoms with Crippen LogP contribution < -0.4 is 5.32 Å². The fourth-order valence-corrected chi connectivity index (χ4v) is 2.03. The van der Waals surface area contributed by atoms with Crippen LogP contribution in [0.1, 0.15) is 15.9 Å². The van der Waals surface area contributed by atoms with Gasteiger partial charge >= 0.3 is 0 Å². The van der Waals surface area contributed by atoms with Crippen LogP contribution in [0.5, 0.6) is 0 Å². The summed E-state index contributed by atoms with van der Waals surface area (Å²) < 4.78 is 13.5. The molecular weight excluding hydrogens is 297 g/mol. The van der Waals surface area contributed by atoms with E-state index in [9.17, 15) is 9.18 Å². The van der Waals surface area contributed by atoms with Crippen molar-refractivity contribution in [2.24, 2.45) is 0 Å². The minimum Gasteiger partial charge on any atom is -0.322 e. The predicted molar refractivity (Wildman–Crippen MR) is 73.2 cm³/mol. The van der Waals surface area contributed by atoms with Gasteiger partial charge in [-0.15, -0.1) is 0 Å². The lowest BCUT2D eigenvalue weighted by atomic mass is 10.1. The maximum Gasteiger partial charge on any atom is 0.256 e. The van der Waals surface area contributed by atoms with E-state index in [0.29, 0.717) is 0 Å². The molecule has 0 heterocycles. The molecule has 0 saturated carbocycles. The Hall–Kier alpha value is -1.68. The van der Waals surface area contributed by atoms with Crippen LogP contribution in [-0.2, 0) is 0 Å². The Morgan fingerprint density at radius 3 is 2.61 bits per heavy atom. The number of rotatable bonds is 2. The Kier molecular flexibility index (Phi) is 3.77. The van der Waals surface area contributed by atoms with E-state index in [1.54, 1.807) is 12.1 Å². The molecule has 0 aliphatic rings. The SMILES string of the molecule is Cc1ccccc1NC(=O)c1cccc(F)c1Br. The van der Waals surface area contributed by atoms with Crippen molar-refractivity contribution in [2.45, 2.75) is 6.92 Å². The summed E-state index contributed by atoms with van der Waals surface area (Å²) in [4.78, 5) is 12.0. The number of hydrogen-bond donors (Lipinski definition) is 1. The summed E-state index contributed by atoms with van der Waals surface area (Å²) >= 11 is 3.08. The Labute approximate surface area is 113 Å². The monoisotopic (exact) mass is 307 g/mol. The van der Waals surface area contributed by atoms with E-state index in [-0.39, 0.29) is 15.9 Å². The number of benzene rings is 2. The summed E-state index contributed by atoms with van der Waals surface area (Å²) in [6.07, 6.45) is 0. The van der Waals surface area contributed by atoms with Crippen molar-refractivity contribution in [1.29, 1.82) is 0 Å². The lowest BCUT2D eigenvalue weighted by molar-refractivity contribution is 0.102. The van der Waals surface area contributed by atoms with Gasteiger partial charge in [-0.05, 0) is 46.6 Å². The Balaban J connectivity index is 2.28. The van der Waals surface area contributed by atoms with Gasteiger partial charge in [0, 0.05) is 5.69 Å². The molecule has 1 amide bonds. The first-order valence-electron chi connectivity index (χ1n) is 5.40. The molecule has 0 unspecified atom stereocenters. The molecule has 2 rings (SSSR count). The molecule has 0 radical (unpaired) electrons. The van der Waals surface area contributed by atoms with Gasteiger partial charge in [0.1, 0.15) is 5.82 Å². The molecule has 0 aliphatic heterocycles. The van der Waals surface area contributed by atoms with Crippen molar-refractivity contribution < 1.29 is 9.18 Å². The molecular formula is C14H11BrFNO. The Morgan fingerprint density at radius 1 is 1.17 bits per heavy atom. The molecule has 0 aliphatic carbocycles. The van der Waals surface area contributed by atoms with Crippen LogP contribution in [0, 0.1) is 12.7 Å². The molecule has 4 heteroatoms. The maximum atomic E-state index is 13.3. The van der Waals surface area contributed by atoms with Crippen LogP contribution >= 0.6 is 15.9 Å². The number of hydrogen-bond acceptors (Lipinski definition) is 1. The van der Waals surface area contributed by atoms with E-state index in [1.807, 2.05) is 25.1 Å². The van der Waals surface area contributed by atoms with Crippen LogP contribution in [0.25, 0.3) is 0 Å².